The molecule has 9 nitrogen and oxygen atoms in total. The molecule has 0 bridgehead atoms. The fourth-order valence-corrected chi connectivity index (χ4v) is 6.22. The number of aryl methyl sites for hydroxylation is 1. The lowest BCUT2D eigenvalue weighted by molar-refractivity contribution is -0.118. The van der Waals surface area contributed by atoms with E-state index in [9.17, 15) is 30.0 Å². The second-order valence-corrected chi connectivity index (χ2v) is 10.6. The molecule has 0 heterocycles. The number of ketones is 1. The Balaban J connectivity index is 1.82. The number of hydrogen-bond donors (Lipinski definition) is 5. The number of benzene rings is 1. The molecule has 0 saturated carbocycles. The molecule has 4 atom stereocenters. The largest absolute Gasteiger partial charge is 0.510 e. The van der Waals surface area contributed by atoms with Crippen molar-refractivity contribution in [1.29, 1.82) is 0 Å². The minimum atomic E-state index is -1.94. The lowest BCUT2D eigenvalue weighted by Gasteiger charge is -2.51. The second kappa shape index (κ2) is 8.96. The van der Waals surface area contributed by atoms with Gasteiger partial charge in [-0.2, -0.15) is 0 Å². The number of aliphatic hydroxyl groups is 3. The van der Waals surface area contributed by atoms with E-state index in [-0.39, 0.29) is 34.6 Å². The van der Waals surface area contributed by atoms with Crippen LogP contribution in [0.25, 0.3) is 0 Å². The fraction of sp³-hybridized carbons (Fsp3) is 0.538. The van der Waals surface area contributed by atoms with E-state index in [2.05, 4.69) is 4.90 Å². The van der Waals surface area contributed by atoms with Crippen LogP contribution in [0.4, 0.5) is 0 Å². The van der Waals surface area contributed by atoms with E-state index in [0.29, 0.717) is 12.8 Å². The van der Waals surface area contributed by atoms with Crippen LogP contribution in [0.2, 0.25) is 0 Å². The van der Waals surface area contributed by atoms with Crippen LogP contribution in [0.3, 0.4) is 0 Å². The van der Waals surface area contributed by atoms with Gasteiger partial charge in [-0.25, -0.2) is 0 Å². The average molecular weight is 486 g/mol. The summed E-state index contributed by atoms with van der Waals surface area (Å²) < 4.78 is 0. The summed E-state index contributed by atoms with van der Waals surface area (Å²) in [4.78, 5) is 29.5. The number of hydrogen-bond acceptors (Lipinski definition) is 8. The summed E-state index contributed by atoms with van der Waals surface area (Å²) in [5.74, 6) is -3.32. The van der Waals surface area contributed by atoms with Crippen molar-refractivity contribution in [2.75, 3.05) is 34.7 Å². The van der Waals surface area contributed by atoms with Crippen LogP contribution in [-0.2, 0) is 17.6 Å². The lowest BCUT2D eigenvalue weighted by atomic mass is 9.59. The first-order valence-corrected chi connectivity index (χ1v) is 12.0. The molecule has 3 aliphatic carbocycles. The zero-order valence-corrected chi connectivity index (χ0v) is 20.7. The quantitative estimate of drug-likeness (QED) is 0.407. The van der Waals surface area contributed by atoms with Crippen LogP contribution in [0, 0.1) is 11.8 Å². The van der Waals surface area contributed by atoms with Crippen molar-refractivity contribution in [3.8, 4) is 5.75 Å². The first-order chi connectivity index (χ1) is 16.4. The summed E-state index contributed by atoms with van der Waals surface area (Å²) in [6, 6.07) is 2.59. The molecular formula is C26H35N3O6. The Morgan fingerprint density at radius 2 is 1.86 bits per heavy atom. The summed E-state index contributed by atoms with van der Waals surface area (Å²) in [5, 5.41) is 44.5. The molecule has 0 aliphatic heterocycles. The first-order valence-electron chi connectivity index (χ1n) is 12.0. The SMILES string of the molecule is CN(C)CCCc1ccc(O)c2c1CC1CC3C(N(C)C)C(O)=C(C(N)=O)CC3(O)C(O)=C1C2=O. The van der Waals surface area contributed by atoms with Crippen LogP contribution in [0.15, 0.2) is 34.8 Å². The number of nitrogens with two attached hydrogens (primary N) is 1. The van der Waals surface area contributed by atoms with Gasteiger partial charge in [-0.1, -0.05) is 6.07 Å². The Morgan fingerprint density at radius 3 is 2.46 bits per heavy atom. The summed E-state index contributed by atoms with van der Waals surface area (Å²) in [5.41, 5.74) is 5.37. The van der Waals surface area contributed by atoms with Crippen LogP contribution in [0.1, 0.15) is 40.7 Å². The summed E-state index contributed by atoms with van der Waals surface area (Å²) in [6.07, 6.45) is 1.97. The molecule has 0 radical (unpaired) electrons. The minimum absolute atomic E-state index is 0.0692. The standard InChI is InChI=1S/C26H35N3O6/c1-28(2)9-5-6-13-7-8-18(30)20-15(13)10-14-11-17-21(29(3)4)22(31)16(25(27)34)12-26(17,35)24(33)19(14)23(20)32/h7-8,14,17,21,30-31,33,35H,5-6,9-12H2,1-4H3,(H2,27,34). The van der Waals surface area contributed by atoms with Crippen molar-refractivity contribution >= 4 is 11.7 Å². The van der Waals surface area contributed by atoms with Crippen molar-refractivity contribution in [1.82, 2.24) is 9.80 Å². The molecule has 35 heavy (non-hydrogen) atoms. The first kappa shape index (κ1) is 25.2. The van der Waals surface area contributed by atoms with Crippen molar-refractivity contribution < 1.29 is 30.0 Å². The average Bonchev–Trinajstić information content (AvgIpc) is 2.76. The Kier molecular flexibility index (Phi) is 6.46. The van der Waals surface area contributed by atoms with Gasteiger partial charge in [0, 0.05) is 17.9 Å². The fourth-order valence-electron chi connectivity index (χ4n) is 6.22. The molecule has 1 aromatic carbocycles. The molecular weight excluding hydrogens is 450 g/mol. The van der Waals surface area contributed by atoms with Gasteiger partial charge in [-0.3, -0.25) is 14.5 Å². The predicted molar refractivity (Wildman–Crippen MR) is 130 cm³/mol. The number of amides is 1. The zero-order valence-electron chi connectivity index (χ0n) is 20.7. The Labute approximate surface area is 205 Å². The van der Waals surface area contributed by atoms with E-state index in [1.807, 2.05) is 20.2 Å². The number of Topliss-reactive ketones (excluding diaryl/α,β-unsaturated/α-hetero) is 1. The van der Waals surface area contributed by atoms with E-state index in [1.165, 1.54) is 6.07 Å². The van der Waals surface area contributed by atoms with E-state index < -0.39 is 40.9 Å². The number of allylic oxidation sites excluding steroid dienone is 1. The van der Waals surface area contributed by atoms with Crippen molar-refractivity contribution in [2.24, 2.45) is 17.6 Å². The molecule has 3 aliphatic rings. The van der Waals surface area contributed by atoms with Gasteiger partial charge in [0.1, 0.15) is 22.9 Å². The Bertz CT molecular complexity index is 1140. The molecule has 9 heteroatoms. The predicted octanol–water partition coefficient (Wildman–Crippen LogP) is 1.44. The third-order valence-corrected chi connectivity index (χ3v) is 7.86. The zero-order chi connectivity index (χ0) is 25.8. The normalized spacial score (nSPS) is 28.3. The van der Waals surface area contributed by atoms with E-state index in [1.54, 1.807) is 19.0 Å². The number of phenols is 1. The Hall–Kier alpha value is -2.88. The second-order valence-electron chi connectivity index (χ2n) is 10.6. The number of likely N-dealkylation sites (N-methyl/N-ethyl adjacent to an activating group) is 1. The molecule has 1 amide bonds. The van der Waals surface area contributed by atoms with Gasteiger partial charge in [-0.15, -0.1) is 0 Å². The number of rotatable bonds is 6. The maximum Gasteiger partial charge on any atom is 0.248 e. The molecule has 0 saturated heterocycles. The van der Waals surface area contributed by atoms with Gasteiger partial charge in [-0.05, 0) is 83.5 Å². The summed E-state index contributed by atoms with van der Waals surface area (Å²) in [6.45, 7) is 0.881. The third kappa shape index (κ3) is 4.01. The number of aliphatic hydroxyl groups excluding tert-OH is 2. The minimum Gasteiger partial charge on any atom is -0.510 e. The van der Waals surface area contributed by atoms with E-state index in [4.69, 9.17) is 5.73 Å². The molecule has 0 spiro atoms. The summed E-state index contributed by atoms with van der Waals surface area (Å²) in [7, 11) is 7.42. The number of carbonyl (C=O) groups is 2. The van der Waals surface area contributed by atoms with Crippen LogP contribution < -0.4 is 5.73 Å². The van der Waals surface area contributed by atoms with E-state index in [0.717, 1.165) is 30.5 Å². The molecule has 4 unspecified atom stereocenters. The number of phenolic OH excluding ortho intramolecular Hbond substituents is 1. The number of primary amides is 1. The van der Waals surface area contributed by atoms with Crippen LogP contribution in [0.5, 0.6) is 5.75 Å². The van der Waals surface area contributed by atoms with Gasteiger partial charge in [0.05, 0.1) is 17.2 Å². The number of aromatic hydroxyl groups is 1. The molecule has 6 N–H and O–H groups in total. The maximum absolute atomic E-state index is 13.7. The van der Waals surface area contributed by atoms with Crippen LogP contribution in [-0.4, -0.2) is 88.3 Å². The topological polar surface area (TPSA) is 148 Å². The molecule has 1 aromatic rings. The molecule has 0 fully saturated rings. The van der Waals surface area contributed by atoms with E-state index >= 15 is 0 Å². The van der Waals surface area contributed by atoms with Gasteiger partial charge in [0.2, 0.25) is 5.91 Å². The van der Waals surface area contributed by atoms with Crippen molar-refractivity contribution in [2.45, 2.75) is 43.7 Å². The van der Waals surface area contributed by atoms with Gasteiger partial charge in [0.15, 0.2) is 5.78 Å². The number of fused-ring (bicyclic) bond motifs is 3. The van der Waals surface area contributed by atoms with Crippen molar-refractivity contribution in [3.05, 3.63) is 51.5 Å². The van der Waals surface area contributed by atoms with Gasteiger partial charge < -0.3 is 31.1 Å². The Morgan fingerprint density at radius 1 is 1.17 bits per heavy atom. The highest BCUT2D eigenvalue weighted by molar-refractivity contribution is 6.13. The monoisotopic (exact) mass is 485 g/mol. The lowest BCUT2D eigenvalue weighted by Crippen LogP contribution is -2.59. The van der Waals surface area contributed by atoms with Gasteiger partial charge >= 0.3 is 0 Å². The maximum atomic E-state index is 13.7. The highest BCUT2D eigenvalue weighted by atomic mass is 16.3. The highest BCUT2D eigenvalue weighted by Crippen LogP contribution is 2.53. The molecule has 190 valence electrons. The molecule has 4 rings (SSSR count). The molecule has 0 aromatic heterocycles. The third-order valence-electron chi connectivity index (χ3n) is 7.86. The number of carbonyl (C=O) groups excluding carboxylic acids is 2. The van der Waals surface area contributed by atoms with Crippen LogP contribution >= 0.6 is 0 Å². The van der Waals surface area contributed by atoms with Crippen molar-refractivity contribution in [3.63, 3.8) is 0 Å². The summed E-state index contributed by atoms with van der Waals surface area (Å²) >= 11 is 0. The van der Waals surface area contributed by atoms with Gasteiger partial charge in [0.25, 0.3) is 0 Å². The number of nitrogens with zero attached hydrogens (tertiary/aromatic N) is 2. The highest BCUT2D eigenvalue weighted by Gasteiger charge is 2.58. The smallest absolute Gasteiger partial charge is 0.248 e.